The van der Waals surface area contributed by atoms with Gasteiger partial charge in [0.1, 0.15) is 17.1 Å². The Labute approximate surface area is 206 Å². The molecule has 4 rings (SSSR count). The normalized spacial score (nSPS) is 10.9. The van der Waals surface area contributed by atoms with E-state index in [-0.39, 0.29) is 31.0 Å². The van der Waals surface area contributed by atoms with Gasteiger partial charge in [-0.25, -0.2) is 4.98 Å². The monoisotopic (exact) mass is 490 g/mol. The van der Waals surface area contributed by atoms with Gasteiger partial charge in [0.25, 0.3) is 5.56 Å². The predicted molar refractivity (Wildman–Crippen MR) is 138 cm³/mol. The van der Waals surface area contributed by atoms with Crippen molar-refractivity contribution < 1.29 is 14.3 Å². The van der Waals surface area contributed by atoms with Crippen LogP contribution in [0.2, 0.25) is 0 Å². The molecule has 2 aromatic carbocycles. The molecule has 0 aliphatic heterocycles. The number of ether oxygens (including phenoxy) is 1. The third kappa shape index (κ3) is 5.09. The molecule has 2 aromatic heterocycles. The smallest absolute Gasteiger partial charge is 0.263 e. The molecule has 0 spiro atoms. The van der Waals surface area contributed by atoms with E-state index >= 15 is 0 Å². The van der Waals surface area contributed by atoms with Gasteiger partial charge in [-0.1, -0.05) is 18.2 Å². The van der Waals surface area contributed by atoms with Crippen molar-refractivity contribution in [2.75, 3.05) is 18.6 Å². The summed E-state index contributed by atoms with van der Waals surface area (Å²) in [5, 5.41) is 2.41. The summed E-state index contributed by atoms with van der Waals surface area (Å²) in [6.07, 6.45) is 1.38. The summed E-state index contributed by atoms with van der Waals surface area (Å²) in [6.45, 7) is 3.94. The van der Waals surface area contributed by atoms with Gasteiger partial charge in [0.15, 0.2) is 0 Å². The van der Waals surface area contributed by atoms with Crippen LogP contribution in [0.1, 0.15) is 17.5 Å². The number of hydrogen-bond acceptors (Lipinski definition) is 6. The van der Waals surface area contributed by atoms with E-state index in [1.54, 1.807) is 31.4 Å². The second kappa shape index (κ2) is 10.1. The minimum absolute atomic E-state index is 0.00853. The van der Waals surface area contributed by atoms with Crippen molar-refractivity contribution >= 4 is 39.1 Å². The van der Waals surface area contributed by atoms with Gasteiger partial charge in [0.2, 0.25) is 11.8 Å². The lowest BCUT2D eigenvalue weighted by Gasteiger charge is -2.23. The largest absolute Gasteiger partial charge is 0.497 e. The summed E-state index contributed by atoms with van der Waals surface area (Å²) in [5.41, 5.74) is 9.64. The lowest BCUT2D eigenvalue weighted by Crippen LogP contribution is -2.38. The topological polar surface area (TPSA) is 108 Å². The molecule has 2 N–H and O–H groups in total. The molecule has 4 aromatic rings. The Morgan fingerprint density at radius 1 is 1.11 bits per heavy atom. The number of primary amides is 1. The van der Waals surface area contributed by atoms with Crippen LogP contribution in [0.4, 0.5) is 5.69 Å². The zero-order valence-electron chi connectivity index (χ0n) is 19.8. The van der Waals surface area contributed by atoms with Crippen molar-refractivity contribution in [3.8, 4) is 16.9 Å². The molecule has 9 heteroatoms. The molecule has 0 aliphatic carbocycles. The first-order chi connectivity index (χ1) is 16.8. The van der Waals surface area contributed by atoms with Crippen LogP contribution in [0, 0.1) is 13.8 Å². The summed E-state index contributed by atoms with van der Waals surface area (Å²) in [6, 6.07) is 13.0. The molecule has 35 heavy (non-hydrogen) atoms. The molecule has 0 fully saturated rings. The summed E-state index contributed by atoms with van der Waals surface area (Å²) < 4.78 is 6.49. The van der Waals surface area contributed by atoms with Crippen LogP contribution in [0.15, 0.2) is 59.0 Å². The van der Waals surface area contributed by atoms with E-state index in [1.807, 2.05) is 37.4 Å². The quantitative estimate of drug-likeness (QED) is 0.406. The number of nitrogens with two attached hydrogens (primary N) is 1. The second-order valence-electron chi connectivity index (χ2n) is 8.27. The standard InChI is InChI=1S/C26H26N4O4S/c1-16-4-5-18(12-17(16)2)21-14-35-25-24(21)26(33)29(15-28-25)13-23(32)30(11-10-22(27)31)19-6-8-20(34-3)9-7-19/h4-9,12,14-15H,10-11,13H2,1-3H3,(H2,27,31). The average molecular weight is 491 g/mol. The van der Waals surface area contributed by atoms with E-state index in [2.05, 4.69) is 4.98 Å². The first kappa shape index (κ1) is 24.2. The van der Waals surface area contributed by atoms with Crippen molar-refractivity contribution in [3.63, 3.8) is 0 Å². The highest BCUT2D eigenvalue weighted by Gasteiger charge is 2.20. The Balaban J connectivity index is 1.69. The number of amides is 2. The number of carbonyl (C=O) groups excluding carboxylic acids is 2. The van der Waals surface area contributed by atoms with Gasteiger partial charge in [-0.3, -0.25) is 19.0 Å². The molecule has 0 aliphatic rings. The number of thiophene rings is 1. The van der Waals surface area contributed by atoms with E-state index in [0.717, 1.165) is 16.7 Å². The molecular weight excluding hydrogens is 464 g/mol. The molecule has 8 nitrogen and oxygen atoms in total. The van der Waals surface area contributed by atoms with E-state index in [9.17, 15) is 14.4 Å². The van der Waals surface area contributed by atoms with Crippen LogP contribution in [0.25, 0.3) is 21.3 Å². The third-order valence-electron chi connectivity index (χ3n) is 5.95. The molecule has 2 heterocycles. The second-order valence-corrected chi connectivity index (χ2v) is 9.12. The number of fused-ring (bicyclic) bond motifs is 1. The maximum atomic E-state index is 13.4. The SMILES string of the molecule is COc1ccc(N(CCC(N)=O)C(=O)Cn2cnc3scc(-c4ccc(C)c(C)c4)c3c2=O)cc1. The van der Waals surface area contributed by atoms with Crippen molar-refractivity contribution in [2.45, 2.75) is 26.8 Å². The summed E-state index contributed by atoms with van der Waals surface area (Å²) in [5.74, 6) is -0.242. The first-order valence-corrected chi connectivity index (χ1v) is 11.9. The van der Waals surface area contributed by atoms with Gasteiger partial charge in [0, 0.05) is 29.6 Å². The minimum Gasteiger partial charge on any atom is -0.497 e. The summed E-state index contributed by atoms with van der Waals surface area (Å²) >= 11 is 1.40. The summed E-state index contributed by atoms with van der Waals surface area (Å²) in [4.78, 5) is 44.6. The van der Waals surface area contributed by atoms with Crippen LogP contribution in [0.3, 0.4) is 0 Å². The Hall–Kier alpha value is -3.98. The van der Waals surface area contributed by atoms with E-state index in [4.69, 9.17) is 10.5 Å². The van der Waals surface area contributed by atoms with Crippen molar-refractivity contribution in [3.05, 3.63) is 75.7 Å². The number of benzene rings is 2. The van der Waals surface area contributed by atoms with Gasteiger partial charge >= 0.3 is 0 Å². The number of carbonyl (C=O) groups is 2. The first-order valence-electron chi connectivity index (χ1n) is 11.1. The number of rotatable bonds is 8. The van der Waals surface area contributed by atoms with Crippen molar-refractivity contribution in [1.29, 1.82) is 0 Å². The molecule has 0 saturated heterocycles. The highest BCUT2D eigenvalue weighted by atomic mass is 32.1. The Morgan fingerprint density at radius 3 is 2.51 bits per heavy atom. The third-order valence-corrected chi connectivity index (χ3v) is 6.84. The van der Waals surface area contributed by atoms with Crippen LogP contribution in [-0.4, -0.2) is 35.0 Å². The van der Waals surface area contributed by atoms with Crippen molar-refractivity contribution in [1.82, 2.24) is 9.55 Å². The van der Waals surface area contributed by atoms with Gasteiger partial charge in [-0.2, -0.15) is 0 Å². The molecule has 0 radical (unpaired) electrons. The Bertz CT molecular complexity index is 1460. The van der Waals surface area contributed by atoms with Gasteiger partial charge in [-0.05, 0) is 54.8 Å². The van der Waals surface area contributed by atoms with E-state index in [1.165, 1.54) is 32.7 Å². The fourth-order valence-corrected chi connectivity index (χ4v) is 4.72. The highest BCUT2D eigenvalue weighted by Crippen LogP contribution is 2.31. The maximum Gasteiger partial charge on any atom is 0.263 e. The van der Waals surface area contributed by atoms with Gasteiger partial charge in [0.05, 0.1) is 18.8 Å². The Morgan fingerprint density at radius 2 is 1.86 bits per heavy atom. The Kier molecular flexibility index (Phi) is 6.97. The molecule has 0 unspecified atom stereocenters. The van der Waals surface area contributed by atoms with Crippen LogP contribution in [0.5, 0.6) is 5.75 Å². The van der Waals surface area contributed by atoms with E-state index in [0.29, 0.717) is 21.7 Å². The molecule has 180 valence electrons. The fourth-order valence-electron chi connectivity index (χ4n) is 3.81. The predicted octanol–water partition coefficient (Wildman–Crippen LogP) is 3.66. The van der Waals surface area contributed by atoms with E-state index < -0.39 is 5.91 Å². The lowest BCUT2D eigenvalue weighted by atomic mass is 10.0. The lowest BCUT2D eigenvalue weighted by molar-refractivity contribution is -0.119. The van der Waals surface area contributed by atoms with Crippen LogP contribution >= 0.6 is 11.3 Å². The fraction of sp³-hybridized carbons (Fsp3) is 0.231. The highest BCUT2D eigenvalue weighted by molar-refractivity contribution is 7.17. The molecule has 0 bridgehead atoms. The molecule has 0 atom stereocenters. The van der Waals surface area contributed by atoms with Gasteiger partial charge in [-0.15, -0.1) is 11.3 Å². The number of nitrogens with zero attached hydrogens (tertiary/aromatic N) is 3. The number of methoxy groups -OCH3 is 1. The number of hydrogen-bond donors (Lipinski definition) is 1. The molecular formula is C26H26N4O4S. The molecule has 2 amide bonds. The number of aryl methyl sites for hydroxylation is 2. The summed E-state index contributed by atoms with van der Waals surface area (Å²) in [7, 11) is 1.55. The zero-order valence-corrected chi connectivity index (χ0v) is 20.6. The number of aromatic nitrogens is 2. The van der Waals surface area contributed by atoms with Crippen molar-refractivity contribution in [2.24, 2.45) is 5.73 Å². The average Bonchev–Trinajstić information content (AvgIpc) is 3.28. The zero-order chi connectivity index (χ0) is 25.1. The van der Waals surface area contributed by atoms with Gasteiger partial charge < -0.3 is 15.4 Å². The van der Waals surface area contributed by atoms with Crippen LogP contribution < -0.4 is 20.9 Å². The number of anilines is 1. The molecule has 0 saturated carbocycles. The van der Waals surface area contributed by atoms with Crippen LogP contribution in [-0.2, 0) is 16.1 Å². The maximum absolute atomic E-state index is 13.4. The minimum atomic E-state index is -0.520.